The first-order valence-corrected chi connectivity index (χ1v) is 9.49. The van der Waals surface area contributed by atoms with Crippen LogP contribution in [0.3, 0.4) is 0 Å². The molecule has 1 N–H and O–H groups in total. The molecule has 3 heteroatoms. The summed E-state index contributed by atoms with van der Waals surface area (Å²) in [4.78, 5) is 2.70. The second-order valence-electron chi connectivity index (χ2n) is 7.93. The fourth-order valence-electron chi connectivity index (χ4n) is 4.85. The predicted octanol–water partition coefficient (Wildman–Crippen LogP) is 4.39. The predicted molar refractivity (Wildman–Crippen MR) is 97.0 cm³/mol. The number of unbranched alkanes of at least 4 members (excludes halogenated alkanes) is 4. The summed E-state index contributed by atoms with van der Waals surface area (Å²) < 4.78 is 0. The summed E-state index contributed by atoms with van der Waals surface area (Å²) in [7, 11) is 0. The highest BCUT2D eigenvalue weighted by atomic mass is 16.3. The minimum absolute atomic E-state index is 0.195. The van der Waals surface area contributed by atoms with Gasteiger partial charge >= 0.3 is 0 Å². The van der Waals surface area contributed by atoms with E-state index < -0.39 is 0 Å². The Kier molecular flexibility index (Phi) is 5.15. The van der Waals surface area contributed by atoms with Crippen LogP contribution in [-0.4, -0.2) is 29.1 Å². The van der Waals surface area contributed by atoms with Crippen molar-refractivity contribution in [2.45, 2.75) is 70.3 Å². The SMILES string of the molecule is C[C@H]1C2Cc3ccc(O)cc3[C@@]1(C)CCN2CCCCCCC#N. The highest BCUT2D eigenvalue weighted by molar-refractivity contribution is 5.44. The van der Waals surface area contributed by atoms with Crippen molar-refractivity contribution in [2.75, 3.05) is 13.1 Å². The van der Waals surface area contributed by atoms with Gasteiger partial charge in [0.15, 0.2) is 0 Å². The number of fused-ring (bicyclic) bond motifs is 4. The molecule has 3 rings (SSSR count). The quantitative estimate of drug-likeness (QED) is 0.789. The van der Waals surface area contributed by atoms with Gasteiger partial charge in [-0.2, -0.15) is 5.26 Å². The van der Waals surface area contributed by atoms with Gasteiger partial charge < -0.3 is 5.11 Å². The zero-order valence-electron chi connectivity index (χ0n) is 15.1. The lowest BCUT2D eigenvalue weighted by Gasteiger charge is -2.54. The van der Waals surface area contributed by atoms with Gasteiger partial charge in [-0.25, -0.2) is 0 Å². The molecule has 2 bridgehead atoms. The van der Waals surface area contributed by atoms with Gasteiger partial charge in [0, 0.05) is 12.5 Å². The van der Waals surface area contributed by atoms with Gasteiger partial charge in [-0.1, -0.05) is 32.8 Å². The van der Waals surface area contributed by atoms with Crippen molar-refractivity contribution in [3.63, 3.8) is 0 Å². The Hall–Kier alpha value is -1.53. The average molecular weight is 326 g/mol. The molecule has 1 aliphatic carbocycles. The average Bonchev–Trinajstić information content (AvgIpc) is 2.56. The first-order chi connectivity index (χ1) is 11.6. The van der Waals surface area contributed by atoms with E-state index in [0.29, 0.717) is 24.1 Å². The van der Waals surface area contributed by atoms with Crippen molar-refractivity contribution in [1.29, 1.82) is 5.26 Å². The van der Waals surface area contributed by atoms with Crippen molar-refractivity contribution >= 4 is 0 Å². The molecule has 24 heavy (non-hydrogen) atoms. The molecule has 1 aliphatic heterocycles. The highest BCUT2D eigenvalue weighted by Gasteiger charge is 2.48. The zero-order chi connectivity index (χ0) is 17.2. The number of aromatic hydroxyl groups is 1. The molecule has 1 aromatic rings. The molecule has 3 atom stereocenters. The van der Waals surface area contributed by atoms with Crippen LogP contribution in [0.1, 0.15) is 63.5 Å². The first kappa shape index (κ1) is 17.3. The van der Waals surface area contributed by atoms with Crippen LogP contribution in [-0.2, 0) is 11.8 Å². The summed E-state index contributed by atoms with van der Waals surface area (Å²) in [5.41, 5.74) is 3.00. The number of nitriles is 1. The van der Waals surface area contributed by atoms with Crippen LogP contribution < -0.4 is 0 Å². The van der Waals surface area contributed by atoms with Gasteiger partial charge in [-0.15, -0.1) is 0 Å². The normalized spacial score (nSPS) is 29.0. The number of benzene rings is 1. The molecule has 0 amide bonds. The van der Waals surface area contributed by atoms with E-state index in [-0.39, 0.29) is 5.41 Å². The lowest BCUT2D eigenvalue weighted by atomic mass is 9.59. The van der Waals surface area contributed by atoms with Gasteiger partial charge in [0.05, 0.1) is 6.07 Å². The molecule has 130 valence electrons. The fourth-order valence-corrected chi connectivity index (χ4v) is 4.85. The van der Waals surface area contributed by atoms with Crippen molar-refractivity contribution < 1.29 is 5.11 Å². The lowest BCUT2D eigenvalue weighted by molar-refractivity contribution is 0.0303. The van der Waals surface area contributed by atoms with Crippen LogP contribution in [0.25, 0.3) is 0 Å². The molecule has 0 radical (unpaired) electrons. The standard InChI is InChI=1S/C21H30N2O/c1-16-20-14-17-8-9-18(24)15-19(17)21(16,2)10-13-23(20)12-7-5-3-4-6-11-22/h8-9,15-16,20,24H,3-7,10,12-14H2,1-2H3/t16-,20?,21-/m0/s1. The first-order valence-electron chi connectivity index (χ1n) is 9.49. The molecule has 1 unspecified atom stereocenters. The fraction of sp³-hybridized carbons (Fsp3) is 0.667. The molecule has 1 aromatic carbocycles. The van der Waals surface area contributed by atoms with E-state index in [2.05, 4.69) is 30.9 Å². The van der Waals surface area contributed by atoms with E-state index in [0.717, 1.165) is 12.8 Å². The maximum Gasteiger partial charge on any atom is 0.115 e. The summed E-state index contributed by atoms with van der Waals surface area (Å²) in [6.07, 6.45) is 7.70. The van der Waals surface area contributed by atoms with E-state index in [4.69, 9.17) is 5.26 Å². The molecule has 1 heterocycles. The van der Waals surface area contributed by atoms with Gasteiger partial charge in [-0.3, -0.25) is 4.90 Å². The summed E-state index contributed by atoms with van der Waals surface area (Å²) in [5, 5.41) is 18.5. The number of rotatable bonds is 6. The lowest BCUT2D eigenvalue weighted by Crippen LogP contribution is -2.58. The number of piperidine rings is 1. The van der Waals surface area contributed by atoms with Crippen molar-refractivity contribution in [3.8, 4) is 11.8 Å². The van der Waals surface area contributed by atoms with Crippen LogP contribution in [0.4, 0.5) is 0 Å². The third-order valence-electron chi connectivity index (χ3n) is 6.59. The van der Waals surface area contributed by atoms with E-state index in [1.807, 2.05) is 12.1 Å². The highest BCUT2D eigenvalue weighted by Crippen LogP contribution is 2.49. The van der Waals surface area contributed by atoms with Gasteiger partial charge in [-0.05, 0) is 73.4 Å². The van der Waals surface area contributed by atoms with Crippen LogP contribution >= 0.6 is 0 Å². The number of phenols is 1. The number of phenolic OH excluding ortho intramolecular Hbond substituents is 1. The number of nitrogens with zero attached hydrogens (tertiary/aromatic N) is 2. The van der Waals surface area contributed by atoms with Crippen molar-refractivity contribution in [3.05, 3.63) is 29.3 Å². The van der Waals surface area contributed by atoms with Crippen molar-refractivity contribution in [1.82, 2.24) is 4.90 Å². The second-order valence-corrected chi connectivity index (χ2v) is 7.93. The van der Waals surface area contributed by atoms with Crippen LogP contribution in [0, 0.1) is 17.2 Å². The molecular formula is C21H30N2O. The third kappa shape index (κ3) is 3.17. The Morgan fingerprint density at radius 1 is 1.29 bits per heavy atom. The second kappa shape index (κ2) is 7.15. The van der Waals surface area contributed by atoms with E-state index >= 15 is 0 Å². The Bertz CT molecular complexity index is 621. The summed E-state index contributed by atoms with van der Waals surface area (Å²) in [5.74, 6) is 1.03. The summed E-state index contributed by atoms with van der Waals surface area (Å²) >= 11 is 0. The minimum atomic E-state index is 0.195. The molecule has 0 spiro atoms. The van der Waals surface area contributed by atoms with Gasteiger partial charge in [0.2, 0.25) is 0 Å². The van der Waals surface area contributed by atoms with Crippen LogP contribution in [0.15, 0.2) is 18.2 Å². The Morgan fingerprint density at radius 3 is 2.88 bits per heavy atom. The number of hydrogen-bond donors (Lipinski definition) is 1. The maximum atomic E-state index is 9.91. The molecule has 1 fully saturated rings. The van der Waals surface area contributed by atoms with E-state index in [1.54, 1.807) is 0 Å². The van der Waals surface area contributed by atoms with Gasteiger partial charge in [0.1, 0.15) is 5.75 Å². The molecule has 1 saturated heterocycles. The molecule has 2 aliphatic rings. The zero-order valence-corrected chi connectivity index (χ0v) is 15.1. The van der Waals surface area contributed by atoms with Crippen LogP contribution in [0.2, 0.25) is 0 Å². The smallest absolute Gasteiger partial charge is 0.115 e. The summed E-state index contributed by atoms with van der Waals surface area (Å²) in [6, 6.07) is 8.84. The van der Waals surface area contributed by atoms with E-state index in [1.165, 1.54) is 49.9 Å². The Balaban J connectivity index is 1.65. The minimum Gasteiger partial charge on any atom is -0.508 e. The largest absolute Gasteiger partial charge is 0.508 e. The third-order valence-corrected chi connectivity index (χ3v) is 6.59. The molecule has 3 nitrogen and oxygen atoms in total. The summed E-state index contributed by atoms with van der Waals surface area (Å²) in [6.45, 7) is 7.14. The molecule has 0 saturated carbocycles. The topological polar surface area (TPSA) is 47.3 Å². The van der Waals surface area contributed by atoms with Gasteiger partial charge in [0.25, 0.3) is 0 Å². The van der Waals surface area contributed by atoms with Crippen LogP contribution in [0.5, 0.6) is 5.75 Å². The number of likely N-dealkylation sites (tertiary alicyclic amines) is 1. The van der Waals surface area contributed by atoms with E-state index in [9.17, 15) is 5.11 Å². The van der Waals surface area contributed by atoms with Crippen molar-refractivity contribution in [2.24, 2.45) is 5.92 Å². The Labute approximate surface area is 146 Å². The molecular weight excluding hydrogens is 296 g/mol. The monoisotopic (exact) mass is 326 g/mol. The molecule has 0 aromatic heterocycles. The number of hydrogen-bond acceptors (Lipinski definition) is 3. The Morgan fingerprint density at radius 2 is 2.08 bits per heavy atom. The maximum absolute atomic E-state index is 9.91.